The summed E-state index contributed by atoms with van der Waals surface area (Å²) in [6.45, 7) is 0. The number of allylic oxidation sites excluding steroid dienone is 1. The Morgan fingerprint density at radius 3 is 2.45 bits per heavy atom. The Morgan fingerprint density at radius 2 is 1.79 bits per heavy atom. The molecule has 0 saturated heterocycles. The van der Waals surface area contributed by atoms with E-state index in [0.717, 1.165) is 30.5 Å². The Bertz CT molecular complexity index is 890. The molecule has 2 aromatic carbocycles. The molecule has 7 nitrogen and oxygen atoms in total. The average Bonchev–Trinajstić information content (AvgIpc) is 2.75. The van der Waals surface area contributed by atoms with Crippen LogP contribution in [0.1, 0.15) is 41.6 Å². The Kier molecular flexibility index (Phi) is 8.09. The van der Waals surface area contributed by atoms with Crippen molar-refractivity contribution >= 4 is 29.3 Å². The fraction of sp³-hybridized carbons (Fsp3) is 0.273. The van der Waals surface area contributed by atoms with E-state index in [1.165, 1.54) is 36.3 Å². The number of hydrogen-bond acceptors (Lipinski definition) is 5. The van der Waals surface area contributed by atoms with Crippen LogP contribution in [0, 0.1) is 10.1 Å². The molecule has 2 aromatic rings. The van der Waals surface area contributed by atoms with Gasteiger partial charge < -0.3 is 9.64 Å². The third-order valence-electron chi connectivity index (χ3n) is 4.45. The fourth-order valence-electron chi connectivity index (χ4n) is 2.81. The van der Waals surface area contributed by atoms with Crippen LogP contribution in [-0.4, -0.2) is 31.0 Å². The number of methoxy groups -OCH3 is 1. The summed E-state index contributed by atoms with van der Waals surface area (Å²) in [5.74, 6) is -0.454. The summed E-state index contributed by atoms with van der Waals surface area (Å²) >= 11 is 0. The number of benzene rings is 2. The molecule has 0 heterocycles. The Morgan fingerprint density at radius 1 is 1.10 bits per heavy atom. The van der Waals surface area contributed by atoms with Crippen LogP contribution in [0.3, 0.4) is 0 Å². The van der Waals surface area contributed by atoms with Gasteiger partial charge in [-0.15, -0.1) is 0 Å². The van der Waals surface area contributed by atoms with Crippen LogP contribution < -0.4 is 4.90 Å². The standard InChI is InChI=1S/C22H24N2O5/c1-23(22(26)18-13-15-19(16-14-18)24(27)28)20-11-8-7-10-17(20)9-5-3-4-6-12-21(25)29-2/h5,7-11,13-16H,3-4,6,12H2,1-2H3/b9-5-. The van der Waals surface area contributed by atoms with E-state index in [1.54, 1.807) is 7.05 Å². The lowest BCUT2D eigenvalue weighted by molar-refractivity contribution is -0.384. The summed E-state index contributed by atoms with van der Waals surface area (Å²) in [7, 11) is 3.06. The van der Waals surface area contributed by atoms with Crippen molar-refractivity contribution < 1.29 is 19.2 Å². The van der Waals surface area contributed by atoms with Gasteiger partial charge in [0.25, 0.3) is 11.6 Å². The maximum absolute atomic E-state index is 12.8. The second-order valence-corrected chi connectivity index (χ2v) is 6.45. The van der Waals surface area contributed by atoms with Gasteiger partial charge in [-0.3, -0.25) is 19.7 Å². The molecular weight excluding hydrogens is 372 g/mol. The number of para-hydroxylation sites is 1. The summed E-state index contributed by atoms with van der Waals surface area (Å²) in [4.78, 5) is 35.7. The van der Waals surface area contributed by atoms with Gasteiger partial charge in [-0.2, -0.15) is 0 Å². The second-order valence-electron chi connectivity index (χ2n) is 6.45. The monoisotopic (exact) mass is 396 g/mol. The topological polar surface area (TPSA) is 89.8 Å². The van der Waals surface area contributed by atoms with Crippen LogP contribution in [0.25, 0.3) is 6.08 Å². The molecule has 0 spiro atoms. The van der Waals surface area contributed by atoms with Crippen molar-refractivity contribution in [1.29, 1.82) is 0 Å². The second kappa shape index (κ2) is 10.8. The lowest BCUT2D eigenvalue weighted by atomic mass is 10.1. The lowest BCUT2D eigenvalue weighted by Crippen LogP contribution is -2.26. The molecule has 0 radical (unpaired) electrons. The number of amides is 1. The summed E-state index contributed by atoms with van der Waals surface area (Å²) < 4.78 is 4.62. The predicted octanol–water partition coefficient (Wildman–Crippen LogP) is 4.62. The minimum Gasteiger partial charge on any atom is -0.469 e. The van der Waals surface area contributed by atoms with E-state index in [2.05, 4.69) is 4.74 Å². The number of esters is 1. The van der Waals surface area contributed by atoms with Crippen LogP contribution in [0.4, 0.5) is 11.4 Å². The third kappa shape index (κ3) is 6.27. The number of anilines is 1. The van der Waals surface area contributed by atoms with Crippen molar-refractivity contribution in [1.82, 2.24) is 0 Å². The van der Waals surface area contributed by atoms with E-state index in [4.69, 9.17) is 0 Å². The van der Waals surface area contributed by atoms with Crippen LogP contribution in [0.15, 0.2) is 54.6 Å². The van der Waals surface area contributed by atoms with Crippen molar-refractivity contribution in [2.45, 2.75) is 25.7 Å². The number of carbonyl (C=O) groups excluding carboxylic acids is 2. The van der Waals surface area contributed by atoms with Crippen LogP contribution in [0.5, 0.6) is 0 Å². The largest absolute Gasteiger partial charge is 0.469 e. The van der Waals surface area contributed by atoms with Crippen molar-refractivity contribution in [2.75, 3.05) is 19.1 Å². The van der Waals surface area contributed by atoms with Gasteiger partial charge in [0.1, 0.15) is 0 Å². The SMILES string of the molecule is COC(=O)CCCC/C=C\c1ccccc1N(C)C(=O)c1ccc([N+](=O)[O-])cc1. The molecule has 152 valence electrons. The molecule has 29 heavy (non-hydrogen) atoms. The number of nitrogens with zero attached hydrogens (tertiary/aromatic N) is 2. The predicted molar refractivity (Wildman–Crippen MR) is 112 cm³/mol. The molecule has 0 fully saturated rings. The number of non-ortho nitro benzene ring substituents is 1. The van der Waals surface area contributed by atoms with Crippen LogP contribution in [0.2, 0.25) is 0 Å². The highest BCUT2D eigenvalue weighted by Gasteiger charge is 2.16. The highest BCUT2D eigenvalue weighted by Crippen LogP contribution is 2.23. The highest BCUT2D eigenvalue weighted by atomic mass is 16.6. The molecule has 7 heteroatoms. The van der Waals surface area contributed by atoms with E-state index in [9.17, 15) is 19.7 Å². The summed E-state index contributed by atoms with van der Waals surface area (Å²) in [5.41, 5.74) is 1.94. The fourth-order valence-corrected chi connectivity index (χ4v) is 2.81. The molecule has 1 amide bonds. The van der Waals surface area contributed by atoms with Crippen molar-refractivity contribution in [3.05, 3.63) is 75.8 Å². The molecule has 0 aromatic heterocycles. The number of carbonyl (C=O) groups is 2. The van der Waals surface area contributed by atoms with Gasteiger partial charge in [0.05, 0.1) is 17.7 Å². The van der Waals surface area contributed by atoms with E-state index in [-0.39, 0.29) is 17.6 Å². The first kappa shape index (κ1) is 21.8. The first-order valence-corrected chi connectivity index (χ1v) is 9.29. The Balaban J connectivity index is 2.04. The Labute approximate surface area is 169 Å². The zero-order chi connectivity index (χ0) is 21.2. The van der Waals surface area contributed by atoms with Crippen LogP contribution in [-0.2, 0) is 9.53 Å². The zero-order valence-electron chi connectivity index (χ0n) is 16.5. The number of ether oxygens (including phenoxy) is 1. The van der Waals surface area contributed by atoms with Gasteiger partial charge >= 0.3 is 5.97 Å². The zero-order valence-corrected chi connectivity index (χ0v) is 16.5. The molecular formula is C22H24N2O5. The normalized spacial score (nSPS) is 10.7. The number of unbranched alkanes of at least 4 members (excludes halogenated alkanes) is 2. The number of hydrogen-bond donors (Lipinski definition) is 0. The molecule has 0 N–H and O–H groups in total. The molecule has 0 atom stereocenters. The number of rotatable bonds is 9. The molecule has 0 aliphatic rings. The van der Waals surface area contributed by atoms with Gasteiger partial charge in [-0.1, -0.05) is 30.4 Å². The lowest BCUT2D eigenvalue weighted by Gasteiger charge is -2.19. The van der Waals surface area contributed by atoms with E-state index >= 15 is 0 Å². The summed E-state index contributed by atoms with van der Waals surface area (Å²) in [6, 6.07) is 13.1. The van der Waals surface area contributed by atoms with E-state index in [0.29, 0.717) is 12.0 Å². The third-order valence-corrected chi connectivity index (χ3v) is 4.45. The van der Waals surface area contributed by atoms with Crippen molar-refractivity contribution in [3.8, 4) is 0 Å². The number of nitro groups is 1. The number of nitro benzene ring substituents is 1. The Hall–Kier alpha value is -3.48. The highest BCUT2D eigenvalue weighted by molar-refractivity contribution is 6.06. The van der Waals surface area contributed by atoms with Gasteiger partial charge in [-0.05, 0) is 43.0 Å². The van der Waals surface area contributed by atoms with Crippen molar-refractivity contribution in [2.24, 2.45) is 0 Å². The minimum absolute atomic E-state index is 0.0558. The summed E-state index contributed by atoms with van der Waals surface area (Å²) in [5, 5.41) is 10.8. The first-order valence-electron chi connectivity index (χ1n) is 9.29. The van der Waals surface area contributed by atoms with Gasteiger partial charge in [0.2, 0.25) is 0 Å². The van der Waals surface area contributed by atoms with Crippen molar-refractivity contribution in [3.63, 3.8) is 0 Å². The maximum Gasteiger partial charge on any atom is 0.305 e. The molecule has 0 bridgehead atoms. The van der Waals surface area contributed by atoms with Gasteiger partial charge in [0, 0.05) is 31.2 Å². The average molecular weight is 396 g/mol. The van der Waals surface area contributed by atoms with Gasteiger partial charge in [0.15, 0.2) is 0 Å². The molecule has 0 aliphatic heterocycles. The molecule has 0 aliphatic carbocycles. The quantitative estimate of drug-likeness (QED) is 0.267. The molecule has 0 unspecified atom stereocenters. The molecule has 2 rings (SSSR count). The van der Waals surface area contributed by atoms with Crippen LogP contribution >= 0.6 is 0 Å². The summed E-state index contributed by atoms with van der Waals surface area (Å²) in [6.07, 6.45) is 6.81. The van der Waals surface area contributed by atoms with Gasteiger partial charge in [-0.25, -0.2) is 0 Å². The van der Waals surface area contributed by atoms with E-state index < -0.39 is 4.92 Å². The first-order chi connectivity index (χ1) is 13.9. The molecule has 0 saturated carbocycles. The maximum atomic E-state index is 12.8. The smallest absolute Gasteiger partial charge is 0.305 e. The van der Waals surface area contributed by atoms with E-state index in [1.807, 2.05) is 36.4 Å². The minimum atomic E-state index is -0.497.